The molecule has 1 saturated heterocycles. The van der Waals surface area contributed by atoms with Crippen molar-refractivity contribution >= 4 is 17.6 Å². The van der Waals surface area contributed by atoms with Crippen molar-refractivity contribution in [2.24, 2.45) is 5.92 Å². The van der Waals surface area contributed by atoms with E-state index in [0.717, 1.165) is 25.1 Å². The minimum absolute atomic E-state index is 0.191. The van der Waals surface area contributed by atoms with E-state index < -0.39 is 5.97 Å². The molecule has 1 N–H and O–H groups in total. The van der Waals surface area contributed by atoms with Crippen LogP contribution in [0.1, 0.15) is 24.8 Å². The third-order valence-electron chi connectivity index (χ3n) is 3.56. The zero-order valence-corrected chi connectivity index (χ0v) is 11.4. The van der Waals surface area contributed by atoms with Gasteiger partial charge in [0.05, 0.1) is 5.02 Å². The Morgan fingerprint density at radius 2 is 2.32 bits per heavy atom. The molecule has 2 rings (SSSR count). The zero-order chi connectivity index (χ0) is 13.8. The molecule has 1 aliphatic heterocycles. The Labute approximate surface area is 117 Å². The summed E-state index contributed by atoms with van der Waals surface area (Å²) < 4.78 is 13.3. The second-order valence-electron chi connectivity index (χ2n) is 5.04. The largest absolute Gasteiger partial charge is 0.481 e. The van der Waals surface area contributed by atoms with Crippen molar-refractivity contribution in [2.75, 3.05) is 13.1 Å². The number of hydrogen-bond donors (Lipinski definition) is 1. The van der Waals surface area contributed by atoms with E-state index in [0.29, 0.717) is 18.9 Å². The van der Waals surface area contributed by atoms with E-state index in [1.807, 2.05) is 6.07 Å². The normalized spacial score (nSPS) is 19.8. The van der Waals surface area contributed by atoms with Crippen LogP contribution in [-0.2, 0) is 11.3 Å². The standard InChI is InChI=1S/C14H17ClFNO2/c15-14-11(2-1-3-12(14)16)9-17-7-6-10(8-17)4-5-13(18)19/h1-3,10H,4-9H2,(H,18,19). The molecule has 1 aromatic carbocycles. The molecule has 104 valence electrons. The lowest BCUT2D eigenvalue weighted by molar-refractivity contribution is -0.137. The molecule has 5 heteroatoms. The molecule has 0 spiro atoms. The molecule has 19 heavy (non-hydrogen) atoms. The highest BCUT2D eigenvalue weighted by Crippen LogP contribution is 2.26. The van der Waals surface area contributed by atoms with Crippen LogP contribution in [-0.4, -0.2) is 29.1 Å². The maximum Gasteiger partial charge on any atom is 0.303 e. The summed E-state index contributed by atoms with van der Waals surface area (Å²) in [4.78, 5) is 12.7. The monoisotopic (exact) mass is 285 g/mol. The van der Waals surface area contributed by atoms with E-state index in [1.54, 1.807) is 6.07 Å². The lowest BCUT2D eigenvalue weighted by Crippen LogP contribution is -2.20. The van der Waals surface area contributed by atoms with Crippen LogP contribution >= 0.6 is 11.6 Å². The van der Waals surface area contributed by atoms with Gasteiger partial charge in [-0.2, -0.15) is 0 Å². The van der Waals surface area contributed by atoms with Gasteiger partial charge in [-0.1, -0.05) is 23.7 Å². The minimum Gasteiger partial charge on any atom is -0.481 e. The summed E-state index contributed by atoms with van der Waals surface area (Å²) in [5, 5.41) is 8.86. The van der Waals surface area contributed by atoms with Crippen LogP contribution in [0.5, 0.6) is 0 Å². The van der Waals surface area contributed by atoms with Crippen molar-refractivity contribution in [2.45, 2.75) is 25.8 Å². The Hall–Kier alpha value is -1.13. The predicted octanol–water partition coefficient (Wildman–Crippen LogP) is 3.17. The van der Waals surface area contributed by atoms with E-state index in [4.69, 9.17) is 16.7 Å². The second kappa shape index (κ2) is 6.35. The first kappa shape index (κ1) is 14.3. The van der Waals surface area contributed by atoms with Gasteiger partial charge in [-0.3, -0.25) is 9.69 Å². The van der Waals surface area contributed by atoms with E-state index in [-0.39, 0.29) is 17.3 Å². The van der Waals surface area contributed by atoms with Crippen LogP contribution < -0.4 is 0 Å². The molecule has 1 aromatic rings. The van der Waals surface area contributed by atoms with E-state index in [1.165, 1.54) is 6.07 Å². The Kier molecular flexibility index (Phi) is 4.77. The molecule has 1 fully saturated rings. The topological polar surface area (TPSA) is 40.5 Å². The highest BCUT2D eigenvalue weighted by Gasteiger charge is 2.23. The van der Waals surface area contributed by atoms with Gasteiger partial charge in [-0.05, 0) is 36.9 Å². The fourth-order valence-corrected chi connectivity index (χ4v) is 2.72. The number of rotatable bonds is 5. The SMILES string of the molecule is O=C(O)CCC1CCN(Cc2cccc(F)c2Cl)C1. The van der Waals surface area contributed by atoms with Crippen molar-refractivity contribution in [3.05, 3.63) is 34.6 Å². The lowest BCUT2D eigenvalue weighted by Gasteiger charge is -2.17. The van der Waals surface area contributed by atoms with Crippen LogP contribution in [0, 0.1) is 11.7 Å². The number of carboxylic acids is 1. The van der Waals surface area contributed by atoms with Gasteiger partial charge in [0.1, 0.15) is 5.82 Å². The fourth-order valence-electron chi connectivity index (χ4n) is 2.53. The number of likely N-dealkylation sites (tertiary alicyclic amines) is 1. The summed E-state index contributed by atoms with van der Waals surface area (Å²) in [6.07, 6.45) is 1.93. The Balaban J connectivity index is 1.88. The first-order chi connectivity index (χ1) is 9.06. The highest BCUT2D eigenvalue weighted by molar-refractivity contribution is 6.31. The van der Waals surface area contributed by atoms with Crippen molar-refractivity contribution in [3.8, 4) is 0 Å². The zero-order valence-electron chi connectivity index (χ0n) is 10.6. The molecule has 0 saturated carbocycles. The molecule has 0 aliphatic carbocycles. The fraction of sp³-hybridized carbons (Fsp3) is 0.500. The Morgan fingerprint density at radius 3 is 3.05 bits per heavy atom. The van der Waals surface area contributed by atoms with Crippen LogP contribution in [0.3, 0.4) is 0 Å². The van der Waals surface area contributed by atoms with Gasteiger partial charge < -0.3 is 5.11 Å². The average Bonchev–Trinajstić information content (AvgIpc) is 2.80. The number of aliphatic carboxylic acids is 1. The summed E-state index contributed by atoms with van der Waals surface area (Å²) in [6, 6.07) is 4.84. The summed E-state index contributed by atoms with van der Waals surface area (Å²) in [5.41, 5.74) is 0.792. The van der Waals surface area contributed by atoms with Gasteiger partial charge in [0, 0.05) is 19.5 Å². The highest BCUT2D eigenvalue weighted by atomic mass is 35.5. The summed E-state index contributed by atoms with van der Waals surface area (Å²) >= 11 is 5.93. The average molecular weight is 286 g/mol. The number of carboxylic acid groups (broad SMARTS) is 1. The second-order valence-corrected chi connectivity index (χ2v) is 5.41. The van der Waals surface area contributed by atoms with Crippen LogP contribution in [0.15, 0.2) is 18.2 Å². The van der Waals surface area contributed by atoms with Crippen molar-refractivity contribution < 1.29 is 14.3 Å². The smallest absolute Gasteiger partial charge is 0.303 e. The van der Waals surface area contributed by atoms with Crippen LogP contribution in [0.25, 0.3) is 0 Å². The van der Waals surface area contributed by atoms with Gasteiger partial charge in [-0.25, -0.2) is 4.39 Å². The van der Waals surface area contributed by atoms with E-state index in [2.05, 4.69) is 4.90 Å². The number of carbonyl (C=O) groups is 1. The summed E-state index contributed by atoms with van der Waals surface area (Å²) in [5.74, 6) is -0.712. The molecular formula is C14H17ClFNO2. The van der Waals surface area contributed by atoms with E-state index >= 15 is 0 Å². The van der Waals surface area contributed by atoms with Crippen molar-refractivity contribution in [3.63, 3.8) is 0 Å². The number of nitrogens with zero attached hydrogens (tertiary/aromatic N) is 1. The Morgan fingerprint density at radius 1 is 1.53 bits per heavy atom. The number of hydrogen-bond acceptors (Lipinski definition) is 2. The molecule has 0 amide bonds. The predicted molar refractivity (Wildman–Crippen MR) is 71.7 cm³/mol. The molecule has 1 heterocycles. The van der Waals surface area contributed by atoms with Crippen LogP contribution in [0.2, 0.25) is 5.02 Å². The first-order valence-electron chi connectivity index (χ1n) is 6.43. The summed E-state index contributed by atoms with van der Waals surface area (Å²) in [6.45, 7) is 2.40. The van der Waals surface area contributed by atoms with Crippen molar-refractivity contribution in [1.29, 1.82) is 0 Å². The van der Waals surface area contributed by atoms with Crippen molar-refractivity contribution in [1.82, 2.24) is 4.90 Å². The third-order valence-corrected chi connectivity index (χ3v) is 3.99. The van der Waals surface area contributed by atoms with E-state index in [9.17, 15) is 9.18 Å². The molecule has 0 bridgehead atoms. The Bertz CT molecular complexity index is 467. The summed E-state index contributed by atoms with van der Waals surface area (Å²) in [7, 11) is 0. The quantitative estimate of drug-likeness (QED) is 0.903. The maximum absolute atomic E-state index is 13.3. The van der Waals surface area contributed by atoms with Gasteiger partial charge in [0.15, 0.2) is 0 Å². The maximum atomic E-state index is 13.3. The number of benzene rings is 1. The van der Waals surface area contributed by atoms with Gasteiger partial charge in [0.25, 0.3) is 0 Å². The van der Waals surface area contributed by atoms with Crippen LogP contribution in [0.4, 0.5) is 4.39 Å². The molecule has 0 radical (unpaired) electrons. The van der Waals surface area contributed by atoms with Gasteiger partial charge >= 0.3 is 5.97 Å². The molecular weight excluding hydrogens is 269 g/mol. The number of halogens is 2. The molecule has 3 nitrogen and oxygen atoms in total. The van der Waals surface area contributed by atoms with Gasteiger partial charge in [-0.15, -0.1) is 0 Å². The lowest BCUT2D eigenvalue weighted by atomic mass is 10.0. The minimum atomic E-state index is -0.744. The molecule has 1 unspecified atom stereocenters. The van der Waals surface area contributed by atoms with Gasteiger partial charge in [0.2, 0.25) is 0 Å². The molecule has 0 aromatic heterocycles. The molecule has 1 atom stereocenters. The molecule has 1 aliphatic rings. The first-order valence-corrected chi connectivity index (χ1v) is 6.81. The third kappa shape index (κ3) is 3.91.